The molecular weight excluding hydrogens is 256 g/mol. The van der Waals surface area contributed by atoms with Gasteiger partial charge in [0.15, 0.2) is 0 Å². The molecule has 0 aliphatic heterocycles. The van der Waals surface area contributed by atoms with Crippen molar-refractivity contribution >= 4 is 29.3 Å². The summed E-state index contributed by atoms with van der Waals surface area (Å²) in [5.41, 5.74) is 6.67. The molecule has 2 rings (SSSR count). The Hall–Kier alpha value is -0.710. The minimum Gasteiger partial charge on any atom is -0.353 e. The Morgan fingerprint density at radius 2 is 2.29 bits per heavy atom. The van der Waals surface area contributed by atoms with E-state index in [4.69, 9.17) is 17.3 Å². The first-order valence-corrected chi connectivity index (χ1v) is 6.96. The molecular formula is C12H15ClN2OS. The first-order chi connectivity index (χ1) is 8.19. The molecule has 0 saturated heterocycles. The highest BCUT2D eigenvalue weighted by molar-refractivity contribution is 8.00. The topological polar surface area (TPSA) is 55.1 Å². The molecule has 17 heavy (non-hydrogen) atoms. The zero-order valence-electron chi connectivity index (χ0n) is 9.41. The molecule has 0 bridgehead atoms. The van der Waals surface area contributed by atoms with Crippen molar-refractivity contribution in [3.8, 4) is 0 Å². The normalized spacial score (nSPS) is 14.7. The molecule has 1 saturated carbocycles. The van der Waals surface area contributed by atoms with E-state index < -0.39 is 0 Å². The molecule has 3 nitrogen and oxygen atoms in total. The van der Waals surface area contributed by atoms with E-state index in [1.165, 1.54) is 11.8 Å². The largest absolute Gasteiger partial charge is 0.353 e. The predicted octanol–water partition coefficient (Wildman–Crippen LogP) is 2.17. The van der Waals surface area contributed by atoms with Crippen molar-refractivity contribution < 1.29 is 4.79 Å². The van der Waals surface area contributed by atoms with Crippen LogP contribution < -0.4 is 11.1 Å². The van der Waals surface area contributed by atoms with Gasteiger partial charge in [0, 0.05) is 22.5 Å². The van der Waals surface area contributed by atoms with E-state index >= 15 is 0 Å². The standard InChI is InChI=1S/C12H15ClN2OS/c13-9-2-1-8(6-14)11(5-9)17-7-12(16)15-10-3-4-10/h1-2,5,10H,3-4,6-7,14H2,(H,15,16). The van der Waals surface area contributed by atoms with Gasteiger partial charge in [0.25, 0.3) is 0 Å². The van der Waals surface area contributed by atoms with Gasteiger partial charge >= 0.3 is 0 Å². The van der Waals surface area contributed by atoms with E-state index in [1.807, 2.05) is 18.2 Å². The van der Waals surface area contributed by atoms with Crippen molar-refractivity contribution in [1.82, 2.24) is 5.32 Å². The average molecular weight is 271 g/mol. The SMILES string of the molecule is NCc1ccc(Cl)cc1SCC(=O)NC1CC1. The smallest absolute Gasteiger partial charge is 0.230 e. The van der Waals surface area contributed by atoms with Crippen molar-refractivity contribution in [2.75, 3.05) is 5.75 Å². The Kier molecular flexibility index (Phi) is 4.31. The summed E-state index contributed by atoms with van der Waals surface area (Å²) < 4.78 is 0. The van der Waals surface area contributed by atoms with Crippen LogP contribution in [0.3, 0.4) is 0 Å². The fourth-order valence-corrected chi connectivity index (χ4v) is 2.63. The maximum Gasteiger partial charge on any atom is 0.230 e. The third-order valence-electron chi connectivity index (χ3n) is 2.55. The summed E-state index contributed by atoms with van der Waals surface area (Å²) in [5.74, 6) is 0.504. The number of halogens is 1. The third kappa shape index (κ3) is 3.91. The van der Waals surface area contributed by atoms with Crippen LogP contribution in [0.1, 0.15) is 18.4 Å². The second-order valence-electron chi connectivity index (χ2n) is 4.09. The van der Waals surface area contributed by atoms with Crippen LogP contribution in [0.5, 0.6) is 0 Å². The minimum absolute atomic E-state index is 0.0837. The van der Waals surface area contributed by atoms with Crippen LogP contribution in [0.4, 0.5) is 0 Å². The maximum absolute atomic E-state index is 11.6. The van der Waals surface area contributed by atoms with Gasteiger partial charge in [-0.05, 0) is 30.5 Å². The van der Waals surface area contributed by atoms with Gasteiger partial charge in [-0.25, -0.2) is 0 Å². The molecule has 92 valence electrons. The van der Waals surface area contributed by atoms with Gasteiger partial charge in [-0.15, -0.1) is 11.8 Å². The van der Waals surface area contributed by atoms with Crippen LogP contribution in [-0.4, -0.2) is 17.7 Å². The summed E-state index contributed by atoms with van der Waals surface area (Å²) >= 11 is 7.42. The number of amides is 1. The van der Waals surface area contributed by atoms with Crippen LogP contribution in [0.15, 0.2) is 23.1 Å². The van der Waals surface area contributed by atoms with Crippen molar-refractivity contribution in [2.24, 2.45) is 5.73 Å². The lowest BCUT2D eigenvalue weighted by Crippen LogP contribution is -2.27. The minimum atomic E-state index is 0.0837. The zero-order chi connectivity index (χ0) is 12.3. The lowest BCUT2D eigenvalue weighted by atomic mass is 10.2. The van der Waals surface area contributed by atoms with Crippen LogP contribution >= 0.6 is 23.4 Å². The quantitative estimate of drug-likeness (QED) is 0.807. The molecule has 1 aromatic rings. The fourth-order valence-electron chi connectivity index (χ4n) is 1.47. The molecule has 5 heteroatoms. The molecule has 0 aromatic heterocycles. The monoisotopic (exact) mass is 270 g/mol. The van der Waals surface area contributed by atoms with E-state index in [0.717, 1.165) is 23.3 Å². The molecule has 1 aliphatic rings. The Bertz CT molecular complexity index is 421. The van der Waals surface area contributed by atoms with Gasteiger partial charge < -0.3 is 11.1 Å². The Morgan fingerprint density at radius 3 is 2.94 bits per heavy atom. The summed E-state index contributed by atoms with van der Waals surface area (Å²) in [4.78, 5) is 12.5. The van der Waals surface area contributed by atoms with Gasteiger partial charge in [0.2, 0.25) is 5.91 Å². The predicted molar refractivity (Wildman–Crippen MR) is 71.2 cm³/mol. The zero-order valence-corrected chi connectivity index (χ0v) is 11.0. The molecule has 1 fully saturated rings. The van der Waals surface area contributed by atoms with Gasteiger partial charge in [-0.3, -0.25) is 4.79 Å². The Morgan fingerprint density at radius 1 is 1.53 bits per heavy atom. The number of hydrogen-bond acceptors (Lipinski definition) is 3. The lowest BCUT2D eigenvalue weighted by molar-refractivity contribution is -0.118. The molecule has 1 amide bonds. The number of thioether (sulfide) groups is 1. The number of nitrogens with two attached hydrogens (primary N) is 1. The number of nitrogens with one attached hydrogen (secondary N) is 1. The molecule has 0 radical (unpaired) electrons. The summed E-state index contributed by atoms with van der Waals surface area (Å²) in [6, 6.07) is 6.00. The molecule has 0 atom stereocenters. The summed E-state index contributed by atoms with van der Waals surface area (Å²) in [5, 5.41) is 3.63. The van der Waals surface area contributed by atoms with Crippen molar-refractivity contribution in [1.29, 1.82) is 0 Å². The third-order valence-corrected chi connectivity index (χ3v) is 3.88. The molecule has 1 aliphatic carbocycles. The number of rotatable bonds is 5. The van der Waals surface area contributed by atoms with Crippen molar-refractivity contribution in [2.45, 2.75) is 30.3 Å². The lowest BCUT2D eigenvalue weighted by Gasteiger charge is -2.08. The number of hydrogen-bond donors (Lipinski definition) is 2. The van der Waals surface area contributed by atoms with Crippen molar-refractivity contribution in [3.63, 3.8) is 0 Å². The van der Waals surface area contributed by atoms with Crippen LogP contribution in [0.2, 0.25) is 5.02 Å². The Balaban J connectivity index is 1.92. The van der Waals surface area contributed by atoms with Gasteiger partial charge in [0.1, 0.15) is 0 Å². The van der Waals surface area contributed by atoms with Crippen LogP contribution in [0, 0.1) is 0 Å². The van der Waals surface area contributed by atoms with E-state index in [2.05, 4.69) is 5.32 Å². The molecule has 3 N–H and O–H groups in total. The first kappa shape index (κ1) is 12.7. The number of carbonyl (C=O) groups excluding carboxylic acids is 1. The Labute approximate surface area is 110 Å². The highest BCUT2D eigenvalue weighted by atomic mass is 35.5. The number of benzene rings is 1. The van der Waals surface area contributed by atoms with E-state index in [-0.39, 0.29) is 5.91 Å². The van der Waals surface area contributed by atoms with E-state index in [1.54, 1.807) is 0 Å². The molecule has 1 aromatic carbocycles. The first-order valence-electron chi connectivity index (χ1n) is 5.59. The second kappa shape index (κ2) is 5.76. The second-order valence-corrected chi connectivity index (χ2v) is 5.54. The highest BCUT2D eigenvalue weighted by Gasteiger charge is 2.23. The highest BCUT2D eigenvalue weighted by Crippen LogP contribution is 2.26. The fraction of sp³-hybridized carbons (Fsp3) is 0.417. The van der Waals surface area contributed by atoms with Gasteiger partial charge in [-0.1, -0.05) is 17.7 Å². The van der Waals surface area contributed by atoms with Gasteiger partial charge in [0.05, 0.1) is 5.75 Å². The molecule has 0 heterocycles. The van der Waals surface area contributed by atoms with E-state index in [9.17, 15) is 4.79 Å². The number of carbonyl (C=O) groups is 1. The van der Waals surface area contributed by atoms with Crippen LogP contribution in [0.25, 0.3) is 0 Å². The average Bonchev–Trinajstić information content (AvgIpc) is 3.10. The summed E-state index contributed by atoms with van der Waals surface area (Å²) in [6.45, 7) is 0.462. The molecule has 0 unspecified atom stereocenters. The van der Waals surface area contributed by atoms with E-state index in [0.29, 0.717) is 23.4 Å². The summed E-state index contributed by atoms with van der Waals surface area (Å²) in [6.07, 6.45) is 2.23. The van der Waals surface area contributed by atoms with Gasteiger partial charge in [-0.2, -0.15) is 0 Å². The molecule has 0 spiro atoms. The summed E-state index contributed by atoms with van der Waals surface area (Å²) in [7, 11) is 0. The van der Waals surface area contributed by atoms with Crippen molar-refractivity contribution in [3.05, 3.63) is 28.8 Å². The maximum atomic E-state index is 11.6. The van der Waals surface area contributed by atoms with Crippen LogP contribution in [-0.2, 0) is 11.3 Å².